The zero-order valence-corrected chi connectivity index (χ0v) is 21.4. The topological polar surface area (TPSA) is 95.2 Å². The van der Waals surface area contributed by atoms with Gasteiger partial charge >= 0.3 is 0 Å². The second-order valence-electron chi connectivity index (χ2n) is 10.5. The van der Waals surface area contributed by atoms with Crippen molar-refractivity contribution in [2.45, 2.75) is 46.0 Å². The number of nitrogens with zero attached hydrogens (tertiary/aromatic N) is 2. The van der Waals surface area contributed by atoms with E-state index in [9.17, 15) is 13.2 Å². The van der Waals surface area contributed by atoms with Gasteiger partial charge in [-0.2, -0.15) is 0 Å². The third kappa shape index (κ3) is 5.50. The summed E-state index contributed by atoms with van der Waals surface area (Å²) in [5.74, 6) is 0.252. The summed E-state index contributed by atoms with van der Waals surface area (Å²) >= 11 is 0. The standard InChI is InChI=1S/C26H34N4O3S/c1-17-8-9-22(25(31)29-17)19-11-20-12-21(15-27-24(20)23(13-19)26(2,3)4)30-10-6-7-18(16-30)14-28-34(5,32)33/h8-9,11-13,15,18,28H,6-7,10,14,16H2,1-5H3,(H,29,31). The Morgan fingerprint density at radius 3 is 2.65 bits per heavy atom. The number of hydrogen-bond acceptors (Lipinski definition) is 5. The van der Waals surface area contributed by atoms with E-state index in [1.165, 1.54) is 6.26 Å². The van der Waals surface area contributed by atoms with Crippen LogP contribution in [0.15, 0.2) is 41.3 Å². The molecule has 1 aliphatic heterocycles. The molecule has 0 saturated carbocycles. The van der Waals surface area contributed by atoms with Crippen LogP contribution in [0.25, 0.3) is 22.0 Å². The number of H-pyrrole nitrogens is 1. The fourth-order valence-corrected chi connectivity index (χ4v) is 5.21. The van der Waals surface area contributed by atoms with E-state index in [-0.39, 0.29) is 16.9 Å². The summed E-state index contributed by atoms with van der Waals surface area (Å²) in [6.07, 6.45) is 5.11. The van der Waals surface area contributed by atoms with E-state index in [0.717, 1.165) is 59.3 Å². The number of nitrogens with one attached hydrogen (secondary N) is 2. The highest BCUT2D eigenvalue weighted by Gasteiger charge is 2.24. The molecule has 3 heterocycles. The van der Waals surface area contributed by atoms with Crippen LogP contribution in [-0.4, -0.2) is 44.3 Å². The van der Waals surface area contributed by atoms with Crippen LogP contribution in [-0.2, 0) is 15.4 Å². The summed E-state index contributed by atoms with van der Waals surface area (Å²) < 4.78 is 25.7. The van der Waals surface area contributed by atoms with Gasteiger partial charge in [0.05, 0.1) is 23.7 Å². The number of pyridine rings is 2. The van der Waals surface area contributed by atoms with Crippen molar-refractivity contribution in [2.75, 3.05) is 30.8 Å². The first-order valence-corrected chi connectivity index (χ1v) is 13.6. The van der Waals surface area contributed by atoms with Crippen LogP contribution in [0.5, 0.6) is 0 Å². The first-order valence-electron chi connectivity index (χ1n) is 11.7. The van der Waals surface area contributed by atoms with E-state index in [4.69, 9.17) is 4.98 Å². The van der Waals surface area contributed by atoms with Crippen LogP contribution < -0.4 is 15.2 Å². The van der Waals surface area contributed by atoms with Crippen LogP contribution in [0.2, 0.25) is 0 Å². The molecular formula is C26H34N4O3S. The van der Waals surface area contributed by atoms with Gasteiger partial charge in [0.25, 0.3) is 5.56 Å². The third-order valence-corrected chi connectivity index (χ3v) is 7.15. The third-order valence-electron chi connectivity index (χ3n) is 6.46. The molecular weight excluding hydrogens is 448 g/mol. The van der Waals surface area contributed by atoms with Crippen LogP contribution in [0.4, 0.5) is 5.69 Å². The number of sulfonamides is 1. The average Bonchev–Trinajstić information content (AvgIpc) is 2.75. The van der Waals surface area contributed by atoms with E-state index < -0.39 is 10.0 Å². The normalized spacial score (nSPS) is 17.3. The molecule has 0 radical (unpaired) electrons. The minimum atomic E-state index is -3.20. The molecule has 4 rings (SSSR count). The number of anilines is 1. The average molecular weight is 483 g/mol. The van der Waals surface area contributed by atoms with Gasteiger partial charge in [-0.25, -0.2) is 13.1 Å². The number of benzene rings is 1. The number of piperidine rings is 1. The molecule has 3 aromatic rings. The van der Waals surface area contributed by atoms with Crippen LogP contribution in [0.1, 0.15) is 44.9 Å². The highest BCUT2D eigenvalue weighted by molar-refractivity contribution is 7.88. The quantitative estimate of drug-likeness (QED) is 0.574. The smallest absolute Gasteiger partial charge is 0.256 e. The summed E-state index contributed by atoms with van der Waals surface area (Å²) in [4.78, 5) is 22.7. The van der Waals surface area contributed by atoms with E-state index in [1.807, 2.05) is 31.3 Å². The molecule has 1 aromatic carbocycles. The van der Waals surface area contributed by atoms with Crippen LogP contribution >= 0.6 is 0 Å². The lowest BCUT2D eigenvalue weighted by Crippen LogP contribution is -2.40. The van der Waals surface area contributed by atoms with Crippen molar-refractivity contribution in [1.29, 1.82) is 0 Å². The highest BCUT2D eigenvalue weighted by atomic mass is 32.2. The number of rotatable bonds is 5. The van der Waals surface area contributed by atoms with Crippen molar-refractivity contribution < 1.29 is 8.42 Å². The molecule has 0 bridgehead atoms. The fraction of sp³-hybridized carbons (Fsp3) is 0.462. The van der Waals surface area contributed by atoms with Crippen molar-refractivity contribution >= 4 is 26.6 Å². The van der Waals surface area contributed by atoms with Crippen LogP contribution in [0, 0.1) is 12.8 Å². The predicted molar refractivity (Wildman–Crippen MR) is 139 cm³/mol. The molecule has 0 amide bonds. The SMILES string of the molecule is Cc1ccc(-c2cc(C(C)(C)C)c3ncc(N4CCCC(CNS(C)(=O)=O)C4)cc3c2)c(=O)[nH]1. The van der Waals surface area contributed by atoms with Crippen molar-refractivity contribution in [3.63, 3.8) is 0 Å². The van der Waals surface area contributed by atoms with Gasteiger partial charge in [0.2, 0.25) is 10.0 Å². The summed E-state index contributed by atoms with van der Waals surface area (Å²) in [6, 6.07) is 10.1. The Bertz CT molecular complexity index is 1370. The maximum Gasteiger partial charge on any atom is 0.256 e. The molecule has 1 fully saturated rings. The molecule has 0 spiro atoms. The zero-order valence-electron chi connectivity index (χ0n) is 20.6. The molecule has 7 nitrogen and oxygen atoms in total. The highest BCUT2D eigenvalue weighted by Crippen LogP contribution is 2.35. The lowest BCUT2D eigenvalue weighted by atomic mass is 9.83. The Morgan fingerprint density at radius 2 is 1.97 bits per heavy atom. The Kier molecular flexibility index (Phi) is 6.57. The summed E-state index contributed by atoms with van der Waals surface area (Å²) in [5.41, 5.74) is 5.18. The van der Waals surface area contributed by atoms with Gasteiger partial charge < -0.3 is 9.88 Å². The first kappa shape index (κ1) is 24.4. The van der Waals surface area contributed by atoms with E-state index in [2.05, 4.69) is 47.5 Å². The second-order valence-corrected chi connectivity index (χ2v) is 12.3. The Morgan fingerprint density at radius 1 is 1.21 bits per heavy atom. The van der Waals surface area contributed by atoms with E-state index >= 15 is 0 Å². The van der Waals surface area contributed by atoms with Gasteiger partial charge in [-0.05, 0) is 72.6 Å². The molecule has 182 valence electrons. The number of fused-ring (bicyclic) bond motifs is 1. The molecule has 2 N–H and O–H groups in total. The largest absolute Gasteiger partial charge is 0.370 e. The number of aromatic nitrogens is 2. The summed E-state index contributed by atoms with van der Waals surface area (Å²) in [5, 5.41) is 0.997. The van der Waals surface area contributed by atoms with Gasteiger partial charge in [0.1, 0.15) is 0 Å². The molecule has 1 aliphatic rings. The number of aromatic amines is 1. The lowest BCUT2D eigenvalue weighted by Gasteiger charge is -2.34. The van der Waals surface area contributed by atoms with Gasteiger partial charge in [-0.3, -0.25) is 9.78 Å². The molecule has 2 aromatic heterocycles. The zero-order chi connectivity index (χ0) is 24.7. The molecule has 1 unspecified atom stereocenters. The molecule has 1 saturated heterocycles. The molecule has 1 atom stereocenters. The molecule has 34 heavy (non-hydrogen) atoms. The minimum absolute atomic E-state index is 0.0967. The summed E-state index contributed by atoms with van der Waals surface area (Å²) in [6.45, 7) is 10.5. The molecule has 8 heteroatoms. The number of hydrogen-bond donors (Lipinski definition) is 2. The Labute approximate surface area is 201 Å². The Hall–Kier alpha value is -2.71. The Balaban J connectivity index is 1.74. The van der Waals surface area contributed by atoms with Crippen molar-refractivity contribution in [3.8, 4) is 11.1 Å². The first-order chi connectivity index (χ1) is 15.9. The lowest BCUT2D eigenvalue weighted by molar-refractivity contribution is 0.411. The maximum atomic E-state index is 12.7. The van der Waals surface area contributed by atoms with Gasteiger partial charge in [0.15, 0.2) is 0 Å². The minimum Gasteiger partial charge on any atom is -0.370 e. The fourth-order valence-electron chi connectivity index (χ4n) is 4.67. The maximum absolute atomic E-state index is 12.7. The van der Waals surface area contributed by atoms with Crippen molar-refractivity contribution in [3.05, 3.63) is 58.1 Å². The monoisotopic (exact) mass is 482 g/mol. The van der Waals surface area contributed by atoms with Crippen LogP contribution in [0.3, 0.4) is 0 Å². The predicted octanol–water partition coefficient (Wildman–Crippen LogP) is 3.96. The second kappa shape index (κ2) is 9.15. The van der Waals surface area contributed by atoms with Gasteiger partial charge in [-0.1, -0.05) is 20.8 Å². The van der Waals surface area contributed by atoms with Gasteiger partial charge in [0, 0.05) is 36.3 Å². The van der Waals surface area contributed by atoms with Crippen molar-refractivity contribution in [1.82, 2.24) is 14.7 Å². The number of aryl methyl sites for hydroxylation is 1. The van der Waals surface area contributed by atoms with E-state index in [0.29, 0.717) is 12.1 Å². The van der Waals surface area contributed by atoms with Gasteiger partial charge in [-0.15, -0.1) is 0 Å². The molecule has 0 aliphatic carbocycles. The summed E-state index contributed by atoms with van der Waals surface area (Å²) in [7, 11) is -3.20. The van der Waals surface area contributed by atoms with Crippen molar-refractivity contribution in [2.24, 2.45) is 5.92 Å². The van der Waals surface area contributed by atoms with E-state index in [1.54, 1.807) is 0 Å².